The Morgan fingerprint density at radius 1 is 1.28 bits per heavy atom. The molecule has 0 saturated heterocycles. The van der Waals surface area contributed by atoms with Crippen molar-refractivity contribution in [1.29, 1.82) is 0 Å². The highest BCUT2D eigenvalue weighted by Crippen LogP contribution is 2.28. The van der Waals surface area contributed by atoms with E-state index in [4.69, 9.17) is 9.94 Å². The monoisotopic (exact) mass is 340 g/mol. The summed E-state index contributed by atoms with van der Waals surface area (Å²) in [4.78, 5) is 14.0. The molecule has 0 radical (unpaired) electrons. The number of amides is 1. The van der Waals surface area contributed by atoms with E-state index in [0.29, 0.717) is 24.0 Å². The molecule has 2 aromatic rings. The summed E-state index contributed by atoms with van der Waals surface area (Å²) in [6.45, 7) is 6.47. The Morgan fingerprint density at radius 2 is 2.04 bits per heavy atom. The molecule has 1 heterocycles. The standard InChI is InChI=1S/C20H24N2O3/c1-3-18-13-25-19-10-16(20(23)21-24)8-9-17(19)12-22(18)11-15-6-4-14(2)5-7-15/h4-10,18,24H,3,11-13H2,1-2H3,(H,21,23)/t18-/m0/s1. The number of ether oxygens (including phenoxy) is 1. The van der Waals surface area contributed by atoms with Gasteiger partial charge in [-0.2, -0.15) is 0 Å². The van der Waals surface area contributed by atoms with Crippen molar-refractivity contribution >= 4 is 5.91 Å². The van der Waals surface area contributed by atoms with Crippen LogP contribution >= 0.6 is 0 Å². The van der Waals surface area contributed by atoms with Gasteiger partial charge in [0.15, 0.2) is 0 Å². The molecular weight excluding hydrogens is 316 g/mol. The minimum Gasteiger partial charge on any atom is -0.492 e. The average molecular weight is 340 g/mol. The molecule has 25 heavy (non-hydrogen) atoms. The van der Waals surface area contributed by atoms with Crippen molar-refractivity contribution in [2.45, 2.75) is 39.4 Å². The number of hydrogen-bond donors (Lipinski definition) is 2. The predicted octanol–water partition coefficient (Wildman–Crippen LogP) is 3.29. The molecule has 1 aliphatic heterocycles. The van der Waals surface area contributed by atoms with Gasteiger partial charge in [0.05, 0.1) is 0 Å². The van der Waals surface area contributed by atoms with Crippen molar-refractivity contribution < 1.29 is 14.7 Å². The lowest BCUT2D eigenvalue weighted by Crippen LogP contribution is -2.36. The first-order valence-corrected chi connectivity index (χ1v) is 8.60. The van der Waals surface area contributed by atoms with Crippen LogP contribution in [0.3, 0.4) is 0 Å². The Morgan fingerprint density at radius 3 is 2.72 bits per heavy atom. The first kappa shape index (κ1) is 17.5. The van der Waals surface area contributed by atoms with Gasteiger partial charge in [0, 0.05) is 30.3 Å². The maximum Gasteiger partial charge on any atom is 0.274 e. The van der Waals surface area contributed by atoms with Gasteiger partial charge in [-0.1, -0.05) is 42.8 Å². The second-order valence-electron chi connectivity index (χ2n) is 6.53. The third-order valence-corrected chi connectivity index (χ3v) is 4.73. The van der Waals surface area contributed by atoms with Gasteiger partial charge in [0.1, 0.15) is 12.4 Å². The number of rotatable bonds is 4. The largest absolute Gasteiger partial charge is 0.492 e. The summed E-state index contributed by atoms with van der Waals surface area (Å²) in [5.74, 6) is 0.185. The molecule has 3 rings (SSSR count). The number of carbonyl (C=O) groups is 1. The summed E-state index contributed by atoms with van der Waals surface area (Å²) >= 11 is 0. The van der Waals surface area contributed by atoms with Crippen molar-refractivity contribution in [3.05, 3.63) is 64.7 Å². The van der Waals surface area contributed by atoms with E-state index in [-0.39, 0.29) is 0 Å². The number of aryl methyl sites for hydroxylation is 1. The van der Waals surface area contributed by atoms with Gasteiger partial charge in [-0.3, -0.25) is 14.9 Å². The van der Waals surface area contributed by atoms with Crippen LogP contribution in [0.2, 0.25) is 0 Å². The second-order valence-corrected chi connectivity index (χ2v) is 6.53. The van der Waals surface area contributed by atoms with Gasteiger partial charge in [-0.05, 0) is 31.0 Å². The number of hydroxylamine groups is 1. The molecule has 0 bridgehead atoms. The molecule has 2 N–H and O–H groups in total. The first-order valence-electron chi connectivity index (χ1n) is 8.60. The van der Waals surface area contributed by atoms with Crippen LogP contribution in [0.25, 0.3) is 0 Å². The van der Waals surface area contributed by atoms with Crippen molar-refractivity contribution in [1.82, 2.24) is 10.4 Å². The fourth-order valence-corrected chi connectivity index (χ4v) is 3.15. The van der Waals surface area contributed by atoms with E-state index in [1.165, 1.54) is 11.1 Å². The van der Waals surface area contributed by atoms with Crippen molar-refractivity contribution in [3.8, 4) is 5.75 Å². The van der Waals surface area contributed by atoms with E-state index in [2.05, 4.69) is 43.0 Å². The maximum absolute atomic E-state index is 11.6. The molecule has 5 nitrogen and oxygen atoms in total. The van der Waals surface area contributed by atoms with Gasteiger partial charge in [0.25, 0.3) is 5.91 Å². The lowest BCUT2D eigenvalue weighted by atomic mass is 10.1. The average Bonchev–Trinajstić information content (AvgIpc) is 2.81. The minimum absolute atomic E-state index is 0.309. The number of nitrogens with one attached hydrogen (secondary N) is 1. The van der Waals surface area contributed by atoms with Gasteiger partial charge in [-0.25, -0.2) is 5.48 Å². The predicted molar refractivity (Wildman–Crippen MR) is 95.7 cm³/mol. The quantitative estimate of drug-likeness (QED) is 0.662. The summed E-state index contributed by atoms with van der Waals surface area (Å²) < 4.78 is 5.97. The number of nitrogens with zero attached hydrogens (tertiary/aromatic N) is 1. The summed E-state index contributed by atoms with van der Waals surface area (Å²) in [5.41, 5.74) is 5.65. The summed E-state index contributed by atoms with van der Waals surface area (Å²) in [5, 5.41) is 8.81. The molecule has 0 aromatic heterocycles. The normalized spacial score (nSPS) is 17.3. The third kappa shape index (κ3) is 4.00. The van der Waals surface area contributed by atoms with Crippen LogP contribution in [0.15, 0.2) is 42.5 Å². The number of carbonyl (C=O) groups excluding carboxylic acids is 1. The molecule has 0 spiro atoms. The number of fused-ring (bicyclic) bond motifs is 1. The SMILES string of the molecule is CC[C@H]1COc2cc(C(=O)NO)ccc2CN1Cc1ccc(C)cc1. The van der Waals surface area contributed by atoms with E-state index in [1.807, 2.05) is 6.07 Å². The highest BCUT2D eigenvalue weighted by molar-refractivity contribution is 5.93. The van der Waals surface area contributed by atoms with Crippen LogP contribution in [0.1, 0.15) is 40.4 Å². The molecular formula is C20H24N2O3. The number of hydrogen-bond acceptors (Lipinski definition) is 4. The van der Waals surface area contributed by atoms with E-state index < -0.39 is 5.91 Å². The maximum atomic E-state index is 11.6. The van der Waals surface area contributed by atoms with Crippen LogP contribution in [-0.2, 0) is 13.1 Å². The van der Waals surface area contributed by atoms with Crippen LogP contribution in [0, 0.1) is 6.92 Å². The van der Waals surface area contributed by atoms with Gasteiger partial charge in [-0.15, -0.1) is 0 Å². The molecule has 2 aromatic carbocycles. The fourth-order valence-electron chi connectivity index (χ4n) is 3.15. The molecule has 0 saturated carbocycles. The fraction of sp³-hybridized carbons (Fsp3) is 0.350. The highest BCUT2D eigenvalue weighted by Gasteiger charge is 2.24. The second kappa shape index (κ2) is 7.68. The van der Waals surface area contributed by atoms with E-state index in [1.54, 1.807) is 17.6 Å². The zero-order valence-electron chi connectivity index (χ0n) is 14.7. The third-order valence-electron chi connectivity index (χ3n) is 4.73. The molecule has 1 aliphatic rings. The summed E-state index contributed by atoms with van der Waals surface area (Å²) in [6, 6.07) is 14.2. The van der Waals surface area contributed by atoms with E-state index in [0.717, 1.165) is 25.1 Å². The first-order chi connectivity index (χ1) is 12.1. The highest BCUT2D eigenvalue weighted by atomic mass is 16.5. The topological polar surface area (TPSA) is 61.8 Å². The van der Waals surface area contributed by atoms with Crippen molar-refractivity contribution in [2.24, 2.45) is 0 Å². The Kier molecular flexibility index (Phi) is 5.36. The summed E-state index contributed by atoms with van der Waals surface area (Å²) in [7, 11) is 0. The zero-order chi connectivity index (χ0) is 17.8. The Balaban J connectivity index is 1.84. The van der Waals surface area contributed by atoms with Crippen LogP contribution < -0.4 is 10.2 Å². The van der Waals surface area contributed by atoms with E-state index in [9.17, 15) is 4.79 Å². The summed E-state index contributed by atoms with van der Waals surface area (Å²) in [6.07, 6.45) is 0.990. The van der Waals surface area contributed by atoms with E-state index >= 15 is 0 Å². The minimum atomic E-state index is -0.529. The van der Waals surface area contributed by atoms with Crippen molar-refractivity contribution in [3.63, 3.8) is 0 Å². The lowest BCUT2D eigenvalue weighted by molar-refractivity contribution is 0.0706. The smallest absolute Gasteiger partial charge is 0.274 e. The molecule has 0 aliphatic carbocycles. The molecule has 0 fully saturated rings. The van der Waals surface area contributed by atoms with Crippen molar-refractivity contribution in [2.75, 3.05) is 6.61 Å². The van der Waals surface area contributed by atoms with Gasteiger partial charge in [0.2, 0.25) is 0 Å². The van der Waals surface area contributed by atoms with Crippen LogP contribution in [0.5, 0.6) is 5.75 Å². The van der Waals surface area contributed by atoms with Gasteiger partial charge < -0.3 is 4.74 Å². The van der Waals surface area contributed by atoms with Crippen LogP contribution in [0.4, 0.5) is 0 Å². The molecule has 5 heteroatoms. The Hall–Kier alpha value is -2.37. The zero-order valence-corrected chi connectivity index (χ0v) is 14.7. The van der Waals surface area contributed by atoms with Gasteiger partial charge >= 0.3 is 0 Å². The van der Waals surface area contributed by atoms with Crippen LogP contribution in [-0.4, -0.2) is 28.7 Å². The molecule has 1 atom stereocenters. The molecule has 1 amide bonds. The molecule has 0 unspecified atom stereocenters. The lowest BCUT2D eigenvalue weighted by Gasteiger charge is -2.28. The molecule has 132 valence electrons. The Bertz CT molecular complexity index is 743. The number of benzene rings is 2. The Labute approximate surface area is 148 Å².